The smallest absolute Gasteiger partial charge is 0.239 e. The van der Waals surface area contributed by atoms with E-state index in [1.807, 2.05) is 30.3 Å². The molecule has 0 bridgehead atoms. The Balaban J connectivity index is 1.63. The predicted octanol–water partition coefficient (Wildman–Crippen LogP) is 0.986. The fourth-order valence-corrected chi connectivity index (χ4v) is 1.67. The van der Waals surface area contributed by atoms with Crippen molar-refractivity contribution in [1.82, 2.24) is 5.32 Å². The van der Waals surface area contributed by atoms with Crippen LogP contribution in [0.25, 0.3) is 0 Å². The minimum Gasteiger partial charge on any atom is -0.391 e. The molecule has 1 aromatic rings. The third kappa shape index (κ3) is 4.07. The first kappa shape index (κ1) is 11.9. The van der Waals surface area contributed by atoms with E-state index in [0.29, 0.717) is 12.5 Å². The number of hydrogen-bond acceptors (Lipinski definition) is 3. The number of amides is 1. The first-order valence-corrected chi connectivity index (χ1v) is 5.99. The van der Waals surface area contributed by atoms with Gasteiger partial charge in [-0.05, 0) is 30.9 Å². The predicted molar refractivity (Wildman–Crippen MR) is 66.7 cm³/mol. The first-order valence-electron chi connectivity index (χ1n) is 5.99. The summed E-state index contributed by atoms with van der Waals surface area (Å²) in [4.78, 5) is 11.5. The van der Waals surface area contributed by atoms with E-state index in [4.69, 9.17) is 0 Å². The summed E-state index contributed by atoms with van der Waals surface area (Å²) in [6.07, 6.45) is 1.79. The van der Waals surface area contributed by atoms with Gasteiger partial charge in [-0.1, -0.05) is 18.2 Å². The Morgan fingerprint density at radius 3 is 2.71 bits per heavy atom. The zero-order valence-electron chi connectivity index (χ0n) is 9.73. The number of carbonyl (C=O) groups excluding carboxylic acids is 1. The summed E-state index contributed by atoms with van der Waals surface area (Å²) in [6.45, 7) is 0.599. The molecule has 4 heteroatoms. The maximum absolute atomic E-state index is 11.5. The summed E-state index contributed by atoms with van der Waals surface area (Å²) >= 11 is 0. The van der Waals surface area contributed by atoms with Crippen LogP contribution in [-0.2, 0) is 4.79 Å². The molecular formula is C13H18N2O2. The number of aliphatic hydroxyl groups excluding tert-OH is 1. The second kappa shape index (κ2) is 5.68. The van der Waals surface area contributed by atoms with Gasteiger partial charge in [-0.3, -0.25) is 4.79 Å². The standard InChI is InChI=1S/C13H18N2O2/c16-12(10-6-7-10)8-15-13(17)9-14-11-4-2-1-3-5-11/h1-5,10,12,14,16H,6-9H2,(H,15,17). The molecule has 0 heterocycles. The van der Waals surface area contributed by atoms with Crippen LogP contribution in [0.1, 0.15) is 12.8 Å². The van der Waals surface area contributed by atoms with Crippen LogP contribution in [-0.4, -0.2) is 30.2 Å². The van der Waals surface area contributed by atoms with Gasteiger partial charge < -0.3 is 15.7 Å². The van der Waals surface area contributed by atoms with Gasteiger partial charge in [0.2, 0.25) is 5.91 Å². The number of anilines is 1. The lowest BCUT2D eigenvalue weighted by molar-refractivity contribution is -0.119. The number of aliphatic hydroxyl groups is 1. The Morgan fingerprint density at radius 1 is 1.35 bits per heavy atom. The van der Waals surface area contributed by atoms with Gasteiger partial charge in [0.05, 0.1) is 12.6 Å². The molecule has 2 rings (SSSR count). The highest BCUT2D eigenvalue weighted by atomic mass is 16.3. The van der Waals surface area contributed by atoms with Gasteiger partial charge in [0, 0.05) is 12.2 Å². The molecule has 0 spiro atoms. The van der Waals surface area contributed by atoms with Crippen LogP contribution in [0.3, 0.4) is 0 Å². The summed E-state index contributed by atoms with van der Waals surface area (Å²) in [5.74, 6) is 0.311. The van der Waals surface area contributed by atoms with Crippen molar-refractivity contribution in [3.8, 4) is 0 Å². The van der Waals surface area contributed by atoms with Crippen LogP contribution < -0.4 is 10.6 Å². The molecule has 0 saturated heterocycles. The fraction of sp³-hybridized carbons (Fsp3) is 0.462. The number of benzene rings is 1. The monoisotopic (exact) mass is 234 g/mol. The molecule has 92 valence electrons. The van der Waals surface area contributed by atoms with E-state index in [9.17, 15) is 9.90 Å². The lowest BCUT2D eigenvalue weighted by atomic mass is 10.2. The van der Waals surface area contributed by atoms with E-state index < -0.39 is 0 Å². The van der Waals surface area contributed by atoms with Crippen molar-refractivity contribution in [2.75, 3.05) is 18.4 Å². The number of rotatable bonds is 6. The normalized spacial score (nSPS) is 16.3. The molecule has 0 aliphatic heterocycles. The Kier molecular flexibility index (Phi) is 3.98. The molecule has 1 saturated carbocycles. The molecule has 1 atom stereocenters. The summed E-state index contributed by atoms with van der Waals surface area (Å²) in [5, 5.41) is 15.3. The molecule has 1 amide bonds. The molecule has 4 nitrogen and oxygen atoms in total. The average molecular weight is 234 g/mol. The van der Waals surface area contributed by atoms with Crippen molar-refractivity contribution >= 4 is 11.6 Å². The fourth-order valence-electron chi connectivity index (χ4n) is 1.67. The largest absolute Gasteiger partial charge is 0.391 e. The van der Waals surface area contributed by atoms with Gasteiger partial charge in [-0.2, -0.15) is 0 Å². The number of nitrogens with one attached hydrogen (secondary N) is 2. The van der Waals surface area contributed by atoms with Gasteiger partial charge >= 0.3 is 0 Å². The van der Waals surface area contributed by atoms with Crippen molar-refractivity contribution in [2.45, 2.75) is 18.9 Å². The van der Waals surface area contributed by atoms with Crippen LogP contribution in [0.2, 0.25) is 0 Å². The summed E-state index contributed by atoms with van der Waals surface area (Å²) in [6, 6.07) is 9.57. The van der Waals surface area contributed by atoms with Crippen LogP contribution in [0.5, 0.6) is 0 Å². The van der Waals surface area contributed by atoms with Gasteiger partial charge in [0.15, 0.2) is 0 Å². The van der Waals surface area contributed by atoms with E-state index in [2.05, 4.69) is 10.6 Å². The van der Waals surface area contributed by atoms with Crippen molar-refractivity contribution in [3.05, 3.63) is 30.3 Å². The maximum atomic E-state index is 11.5. The molecule has 0 radical (unpaired) electrons. The second-order valence-electron chi connectivity index (χ2n) is 4.43. The Labute approximate surface area is 101 Å². The van der Waals surface area contributed by atoms with Crippen LogP contribution in [0, 0.1) is 5.92 Å². The molecule has 17 heavy (non-hydrogen) atoms. The third-order valence-corrected chi connectivity index (χ3v) is 2.90. The molecular weight excluding hydrogens is 216 g/mol. The zero-order valence-corrected chi connectivity index (χ0v) is 9.73. The van der Waals surface area contributed by atoms with Gasteiger partial charge in [-0.15, -0.1) is 0 Å². The van der Waals surface area contributed by atoms with Gasteiger partial charge in [0.25, 0.3) is 0 Å². The molecule has 3 N–H and O–H groups in total. The molecule has 1 unspecified atom stereocenters. The van der Waals surface area contributed by atoms with E-state index in [-0.39, 0.29) is 18.6 Å². The summed E-state index contributed by atoms with van der Waals surface area (Å²) in [5.41, 5.74) is 0.922. The van der Waals surface area contributed by atoms with Gasteiger partial charge in [-0.25, -0.2) is 0 Å². The lowest BCUT2D eigenvalue weighted by Crippen LogP contribution is -2.36. The molecule has 1 fully saturated rings. The van der Waals surface area contributed by atoms with Gasteiger partial charge in [0.1, 0.15) is 0 Å². The highest BCUT2D eigenvalue weighted by molar-refractivity contribution is 5.80. The minimum atomic E-state index is -0.379. The van der Waals surface area contributed by atoms with E-state index in [0.717, 1.165) is 18.5 Å². The van der Waals surface area contributed by atoms with E-state index in [1.165, 1.54) is 0 Å². The van der Waals surface area contributed by atoms with Crippen molar-refractivity contribution in [1.29, 1.82) is 0 Å². The summed E-state index contributed by atoms with van der Waals surface area (Å²) < 4.78 is 0. The Morgan fingerprint density at radius 2 is 2.06 bits per heavy atom. The highest BCUT2D eigenvalue weighted by Gasteiger charge is 2.29. The number of hydrogen-bond donors (Lipinski definition) is 3. The van der Waals surface area contributed by atoms with E-state index >= 15 is 0 Å². The zero-order chi connectivity index (χ0) is 12.1. The number of para-hydroxylation sites is 1. The molecule has 1 aliphatic carbocycles. The molecule has 0 aromatic heterocycles. The third-order valence-electron chi connectivity index (χ3n) is 2.90. The van der Waals surface area contributed by atoms with E-state index in [1.54, 1.807) is 0 Å². The van der Waals surface area contributed by atoms with Crippen LogP contribution >= 0.6 is 0 Å². The van der Waals surface area contributed by atoms with Crippen molar-refractivity contribution in [2.24, 2.45) is 5.92 Å². The lowest BCUT2D eigenvalue weighted by Gasteiger charge is -2.11. The maximum Gasteiger partial charge on any atom is 0.239 e. The van der Waals surface area contributed by atoms with Crippen LogP contribution in [0.15, 0.2) is 30.3 Å². The Hall–Kier alpha value is -1.55. The Bertz CT molecular complexity index is 363. The van der Waals surface area contributed by atoms with Crippen molar-refractivity contribution < 1.29 is 9.90 Å². The highest BCUT2D eigenvalue weighted by Crippen LogP contribution is 2.32. The molecule has 1 aromatic carbocycles. The van der Waals surface area contributed by atoms with Crippen molar-refractivity contribution in [3.63, 3.8) is 0 Å². The SMILES string of the molecule is O=C(CNc1ccccc1)NCC(O)C1CC1. The minimum absolute atomic E-state index is 0.0893. The summed E-state index contributed by atoms with van der Waals surface area (Å²) in [7, 11) is 0. The second-order valence-corrected chi connectivity index (χ2v) is 4.43. The molecule has 1 aliphatic rings. The number of carbonyl (C=O) groups is 1. The van der Waals surface area contributed by atoms with Crippen LogP contribution in [0.4, 0.5) is 5.69 Å². The topological polar surface area (TPSA) is 61.4 Å². The first-order chi connectivity index (χ1) is 8.25. The quantitative estimate of drug-likeness (QED) is 0.687. The average Bonchev–Trinajstić information content (AvgIpc) is 3.19.